The van der Waals surface area contributed by atoms with Crippen LogP contribution < -0.4 is 15.6 Å². The van der Waals surface area contributed by atoms with Crippen molar-refractivity contribution in [3.05, 3.63) is 209 Å². The molecule has 2 heteroatoms. The molecule has 0 saturated heterocycles. The third kappa shape index (κ3) is 5.58. The van der Waals surface area contributed by atoms with E-state index < -0.39 is 16.9 Å². The van der Waals surface area contributed by atoms with Gasteiger partial charge in [-0.2, -0.15) is 0 Å². The minimum Gasteiger partial charge on any atom is -0.0682 e. The Kier molecular flexibility index (Phi) is 8.93. The van der Waals surface area contributed by atoms with E-state index in [4.69, 9.17) is 0 Å². The van der Waals surface area contributed by atoms with Gasteiger partial charge in [-0.25, -0.2) is 0 Å². The Morgan fingerprint density at radius 3 is 1.26 bits per heavy atom. The van der Waals surface area contributed by atoms with Crippen molar-refractivity contribution >= 4 is 54.0 Å². The molecule has 10 aromatic carbocycles. The first-order valence-electron chi connectivity index (χ1n) is 26.5. The first-order chi connectivity index (χ1) is 34.5. The summed E-state index contributed by atoms with van der Waals surface area (Å²) in [4.78, 5) is 0. The zero-order valence-corrected chi connectivity index (χ0v) is 45.9. The van der Waals surface area contributed by atoms with Crippen molar-refractivity contribution in [3.63, 3.8) is 0 Å². The Morgan fingerprint density at radius 1 is 0.319 bits per heavy atom. The third-order valence-electron chi connectivity index (χ3n) is 18.6. The maximum Gasteiger partial charge on any atom is 0.113 e. The van der Waals surface area contributed by atoms with E-state index in [-0.39, 0.29) is 16.2 Å². The second-order valence-corrected chi connectivity index (χ2v) is 31.4. The SMILES string of the molecule is Cc1cccc(-c2cc3c(c4ccccc24)-c2cc4c(cc2C3(C)C)-c2cc3c(cc2C4(C)C)-c2c(cc(-c4cccc5c4-c4ccccc4[Si]5(C)C)c4ccccc24)C3(C)C)c1-c1ccccc1[SiH](C)C. The standard InChI is InChI=1S/C70H62Si2/c1-40-22-20-29-45(64(40)47-27-16-18-31-61(47)71(8)9)49-34-59-65(43-25-14-12-23-41(43)49)53-38-55-51(36-57(53)69(59,4)5)52-37-58-54(39-56(52)68(55,2)3)66-44-26-15-13-24-42(44)50(35-60(66)70(58,6)7)46-30-21-33-63-67(46)48-28-17-19-32-62(48)72(63,10)11/h12-39,71H,1-11H3. The second-order valence-electron chi connectivity index (χ2n) is 24.2. The van der Waals surface area contributed by atoms with Gasteiger partial charge >= 0.3 is 0 Å². The molecule has 0 bridgehead atoms. The van der Waals surface area contributed by atoms with Crippen LogP contribution in [0.15, 0.2) is 170 Å². The van der Waals surface area contributed by atoms with Crippen LogP contribution in [-0.2, 0) is 16.2 Å². The molecule has 14 rings (SSSR count). The van der Waals surface area contributed by atoms with E-state index in [0.717, 1.165) is 0 Å². The van der Waals surface area contributed by atoms with Crippen molar-refractivity contribution in [1.82, 2.24) is 0 Å². The molecule has 0 unspecified atom stereocenters. The summed E-state index contributed by atoms with van der Waals surface area (Å²) in [5.41, 5.74) is 28.8. The van der Waals surface area contributed by atoms with E-state index in [2.05, 4.69) is 245 Å². The summed E-state index contributed by atoms with van der Waals surface area (Å²) >= 11 is 0. The molecule has 0 nitrogen and oxygen atoms in total. The molecule has 3 aliphatic carbocycles. The molecule has 1 heterocycles. The topological polar surface area (TPSA) is 0 Å². The van der Waals surface area contributed by atoms with Gasteiger partial charge in [0.2, 0.25) is 0 Å². The van der Waals surface area contributed by atoms with Crippen molar-refractivity contribution in [2.45, 2.75) is 90.9 Å². The van der Waals surface area contributed by atoms with E-state index in [1.807, 2.05) is 0 Å². The van der Waals surface area contributed by atoms with Gasteiger partial charge in [-0.1, -0.05) is 206 Å². The lowest BCUT2D eigenvalue weighted by Crippen LogP contribution is -2.49. The van der Waals surface area contributed by atoms with Crippen molar-refractivity contribution in [1.29, 1.82) is 0 Å². The largest absolute Gasteiger partial charge is 0.113 e. The predicted molar refractivity (Wildman–Crippen MR) is 316 cm³/mol. The molecule has 4 aliphatic rings. The number of hydrogen-bond donors (Lipinski definition) is 0. The maximum atomic E-state index is 2.63. The summed E-state index contributed by atoms with van der Waals surface area (Å²) in [5, 5.41) is 10.0. The molecule has 0 N–H and O–H groups in total. The monoisotopic (exact) mass is 958 g/mol. The molecule has 0 fully saturated rings. The van der Waals surface area contributed by atoms with Crippen molar-refractivity contribution in [2.24, 2.45) is 0 Å². The highest BCUT2D eigenvalue weighted by molar-refractivity contribution is 7.04. The van der Waals surface area contributed by atoms with Crippen LogP contribution in [0.3, 0.4) is 0 Å². The van der Waals surface area contributed by atoms with Gasteiger partial charge in [0.25, 0.3) is 0 Å². The molecule has 72 heavy (non-hydrogen) atoms. The molecule has 0 aromatic heterocycles. The van der Waals surface area contributed by atoms with Gasteiger partial charge in [-0.3, -0.25) is 0 Å². The van der Waals surface area contributed by atoms with E-state index >= 15 is 0 Å². The maximum absolute atomic E-state index is 2.63. The van der Waals surface area contributed by atoms with Crippen LogP contribution >= 0.6 is 0 Å². The average Bonchev–Trinajstić information content (AvgIpc) is 3.94. The van der Waals surface area contributed by atoms with Crippen LogP contribution in [0.4, 0.5) is 0 Å². The molecule has 10 aromatic rings. The molecule has 0 amide bonds. The number of hydrogen-bond acceptors (Lipinski definition) is 0. The quantitative estimate of drug-likeness (QED) is 0.154. The highest BCUT2D eigenvalue weighted by atomic mass is 28.3. The van der Waals surface area contributed by atoms with Gasteiger partial charge in [0.1, 0.15) is 8.07 Å². The van der Waals surface area contributed by atoms with Crippen molar-refractivity contribution in [3.8, 4) is 77.9 Å². The predicted octanol–water partition coefficient (Wildman–Crippen LogP) is 16.7. The highest BCUT2D eigenvalue weighted by Gasteiger charge is 2.46. The smallest absolute Gasteiger partial charge is 0.0682 e. The van der Waals surface area contributed by atoms with Crippen LogP contribution in [0.2, 0.25) is 26.2 Å². The fraction of sp³-hybridized carbons (Fsp3) is 0.200. The van der Waals surface area contributed by atoms with Crippen molar-refractivity contribution < 1.29 is 0 Å². The van der Waals surface area contributed by atoms with E-state index in [1.54, 1.807) is 10.4 Å². The Hall–Kier alpha value is -6.85. The molecule has 0 spiro atoms. The Labute approximate surface area is 429 Å². The molecule has 0 radical (unpaired) electrons. The van der Waals surface area contributed by atoms with Gasteiger partial charge in [-0.15, -0.1) is 0 Å². The second kappa shape index (κ2) is 14.7. The molecule has 1 aliphatic heterocycles. The molecular weight excluding hydrogens is 897 g/mol. The Bertz CT molecular complexity index is 4080. The van der Waals surface area contributed by atoms with E-state index in [1.165, 1.54) is 144 Å². The lowest BCUT2D eigenvalue weighted by Gasteiger charge is -2.25. The normalized spacial score (nSPS) is 16.3. The molecule has 0 saturated carbocycles. The summed E-state index contributed by atoms with van der Waals surface area (Å²) in [6.07, 6.45) is 0. The Morgan fingerprint density at radius 2 is 0.708 bits per heavy atom. The van der Waals surface area contributed by atoms with Crippen LogP contribution in [0, 0.1) is 6.92 Å². The minimum absolute atomic E-state index is 0.196. The third-order valence-corrected chi connectivity index (χ3v) is 23.9. The fourth-order valence-corrected chi connectivity index (χ4v) is 19.2. The lowest BCUT2D eigenvalue weighted by molar-refractivity contribution is 0.649. The van der Waals surface area contributed by atoms with Gasteiger partial charge in [0.15, 0.2) is 0 Å². The van der Waals surface area contributed by atoms with Gasteiger partial charge in [0, 0.05) is 16.2 Å². The zero-order chi connectivity index (χ0) is 49.5. The fourth-order valence-electron chi connectivity index (χ4n) is 14.8. The van der Waals surface area contributed by atoms with Crippen LogP contribution in [-0.4, -0.2) is 16.9 Å². The number of fused-ring (bicyclic) bond motifs is 16. The highest BCUT2D eigenvalue weighted by Crippen LogP contribution is 2.62. The molecule has 350 valence electrons. The summed E-state index contributed by atoms with van der Waals surface area (Å²) in [6, 6.07) is 66.8. The van der Waals surface area contributed by atoms with Crippen LogP contribution in [0.1, 0.15) is 80.5 Å². The summed E-state index contributed by atoms with van der Waals surface area (Å²) in [6.45, 7) is 27.2. The first-order valence-corrected chi connectivity index (χ1v) is 32.3. The van der Waals surface area contributed by atoms with Gasteiger partial charge < -0.3 is 0 Å². The van der Waals surface area contributed by atoms with Gasteiger partial charge in [-0.05, 0) is 192 Å². The van der Waals surface area contributed by atoms with Gasteiger partial charge in [0.05, 0.1) is 8.80 Å². The first kappa shape index (κ1) is 43.9. The number of benzene rings is 10. The van der Waals surface area contributed by atoms with Crippen LogP contribution in [0.25, 0.3) is 99.4 Å². The van der Waals surface area contributed by atoms with Crippen LogP contribution in [0.5, 0.6) is 0 Å². The molecular formula is C70H62Si2. The number of aryl methyl sites for hydroxylation is 1. The molecule has 0 atom stereocenters. The van der Waals surface area contributed by atoms with Crippen molar-refractivity contribution in [2.75, 3.05) is 0 Å². The zero-order valence-electron chi connectivity index (χ0n) is 43.7. The average molecular weight is 959 g/mol. The minimum atomic E-state index is -1.85. The summed E-state index contributed by atoms with van der Waals surface area (Å²) in [5.74, 6) is 0. The Balaban J connectivity index is 0.940. The lowest BCUT2D eigenvalue weighted by atomic mass is 9.78. The number of rotatable bonds is 4. The summed E-state index contributed by atoms with van der Waals surface area (Å²) in [7, 11) is -2.96. The van der Waals surface area contributed by atoms with E-state index in [0.29, 0.717) is 0 Å². The van der Waals surface area contributed by atoms with E-state index in [9.17, 15) is 0 Å². The summed E-state index contributed by atoms with van der Waals surface area (Å²) < 4.78 is 0.